The molecule has 186 valence electrons. The van der Waals surface area contributed by atoms with Crippen molar-refractivity contribution in [3.8, 4) is 5.88 Å². The largest absolute Gasteiger partial charge is 0.481 e. The van der Waals surface area contributed by atoms with Gasteiger partial charge in [-0.1, -0.05) is 26.0 Å². The van der Waals surface area contributed by atoms with Crippen LogP contribution in [0.25, 0.3) is 0 Å². The van der Waals surface area contributed by atoms with E-state index in [-0.39, 0.29) is 31.3 Å². The molecule has 2 aliphatic rings. The zero-order chi connectivity index (χ0) is 24.8. The van der Waals surface area contributed by atoms with Gasteiger partial charge in [-0.2, -0.15) is 5.10 Å². The molecular weight excluding hydrogens is 438 g/mol. The highest BCUT2D eigenvalue weighted by Crippen LogP contribution is 2.40. The number of nitrogens with one attached hydrogen (secondary N) is 1. The molecule has 2 N–H and O–H groups in total. The minimum absolute atomic E-state index is 0.100. The Morgan fingerprint density at radius 1 is 1.32 bits per heavy atom. The standard InChI is InChI=1S/C23H35N7O4/c1-13-16(22(34-6)28(5)26-13)10-24-20(32)18-9-15(31)11-29(18)21(33)19(23(2,3)4)30-12-17(25-27-30)14-7-8-14/h12,14-15,18-19,31H,7-11H2,1-6H3,(H,24,32)/t15?,18?,19-/m1/s1. The quantitative estimate of drug-likeness (QED) is 0.616. The summed E-state index contributed by atoms with van der Waals surface area (Å²) in [5.41, 5.74) is 1.96. The molecule has 3 heterocycles. The van der Waals surface area contributed by atoms with Crippen LogP contribution in [-0.4, -0.2) is 72.4 Å². The molecule has 1 saturated carbocycles. The van der Waals surface area contributed by atoms with E-state index < -0.39 is 23.6 Å². The van der Waals surface area contributed by atoms with Crippen molar-refractivity contribution < 1.29 is 19.4 Å². The Morgan fingerprint density at radius 2 is 2.03 bits per heavy atom. The molecule has 11 heteroatoms. The van der Waals surface area contributed by atoms with Gasteiger partial charge in [0.25, 0.3) is 0 Å². The van der Waals surface area contributed by atoms with Gasteiger partial charge in [-0.3, -0.25) is 9.59 Å². The molecule has 3 atom stereocenters. The van der Waals surface area contributed by atoms with Gasteiger partial charge in [-0.15, -0.1) is 5.10 Å². The molecule has 34 heavy (non-hydrogen) atoms. The number of hydrogen-bond donors (Lipinski definition) is 2. The molecule has 2 fully saturated rings. The van der Waals surface area contributed by atoms with E-state index in [1.54, 1.807) is 23.5 Å². The van der Waals surface area contributed by atoms with Gasteiger partial charge in [-0.25, -0.2) is 9.36 Å². The summed E-state index contributed by atoms with van der Waals surface area (Å²) in [5.74, 6) is 0.430. The average molecular weight is 474 g/mol. The number of ether oxygens (including phenoxy) is 1. The molecule has 0 aromatic carbocycles. The lowest BCUT2D eigenvalue weighted by Crippen LogP contribution is -2.50. The molecule has 0 radical (unpaired) electrons. The van der Waals surface area contributed by atoms with E-state index in [4.69, 9.17) is 4.74 Å². The number of carbonyl (C=O) groups excluding carboxylic acids is 2. The topological polar surface area (TPSA) is 127 Å². The van der Waals surface area contributed by atoms with Gasteiger partial charge < -0.3 is 20.1 Å². The predicted octanol–water partition coefficient (Wildman–Crippen LogP) is 1.07. The number of aryl methyl sites for hydroxylation is 2. The Morgan fingerprint density at radius 3 is 2.65 bits per heavy atom. The Kier molecular flexibility index (Phi) is 6.41. The second-order valence-corrected chi connectivity index (χ2v) is 10.5. The van der Waals surface area contributed by atoms with Gasteiger partial charge in [0.1, 0.15) is 12.1 Å². The van der Waals surface area contributed by atoms with Gasteiger partial charge in [-0.05, 0) is 25.2 Å². The molecule has 1 aliphatic heterocycles. The fourth-order valence-corrected chi connectivity index (χ4v) is 4.76. The van der Waals surface area contributed by atoms with Crippen LogP contribution in [0.15, 0.2) is 6.20 Å². The summed E-state index contributed by atoms with van der Waals surface area (Å²) >= 11 is 0. The number of aliphatic hydroxyl groups excluding tert-OH is 1. The van der Waals surface area contributed by atoms with Gasteiger partial charge in [0, 0.05) is 32.1 Å². The minimum atomic E-state index is -0.776. The maximum atomic E-state index is 13.8. The minimum Gasteiger partial charge on any atom is -0.481 e. The Hall–Kier alpha value is -2.95. The second kappa shape index (κ2) is 9.01. The van der Waals surface area contributed by atoms with Gasteiger partial charge >= 0.3 is 0 Å². The smallest absolute Gasteiger partial charge is 0.248 e. The molecule has 2 aromatic rings. The molecule has 4 rings (SSSR count). The second-order valence-electron chi connectivity index (χ2n) is 10.5. The van der Waals surface area contributed by atoms with Crippen LogP contribution in [0.4, 0.5) is 0 Å². The molecule has 2 aromatic heterocycles. The van der Waals surface area contributed by atoms with Crippen LogP contribution < -0.4 is 10.1 Å². The number of β-amino-alcohol motifs (C(OH)–C–C–N with tert-alkyl or cyclic N) is 1. The molecule has 1 saturated heterocycles. The van der Waals surface area contributed by atoms with Crippen molar-refractivity contribution in [1.82, 2.24) is 35.0 Å². The number of likely N-dealkylation sites (tertiary alicyclic amines) is 1. The number of aromatic nitrogens is 5. The summed E-state index contributed by atoms with van der Waals surface area (Å²) in [6, 6.07) is -1.42. The van der Waals surface area contributed by atoms with Crippen molar-refractivity contribution in [3.63, 3.8) is 0 Å². The van der Waals surface area contributed by atoms with E-state index in [1.165, 1.54) is 4.90 Å². The van der Waals surface area contributed by atoms with Crippen molar-refractivity contribution in [1.29, 1.82) is 0 Å². The van der Waals surface area contributed by atoms with Gasteiger partial charge in [0.15, 0.2) is 0 Å². The number of aliphatic hydroxyl groups is 1. The van der Waals surface area contributed by atoms with Gasteiger partial charge in [0.2, 0.25) is 17.7 Å². The maximum absolute atomic E-state index is 13.8. The molecule has 2 unspecified atom stereocenters. The molecule has 0 bridgehead atoms. The van der Waals surface area contributed by atoms with Crippen LogP contribution in [0.5, 0.6) is 5.88 Å². The number of methoxy groups -OCH3 is 1. The highest BCUT2D eigenvalue weighted by atomic mass is 16.5. The number of amides is 2. The summed E-state index contributed by atoms with van der Waals surface area (Å²) in [4.78, 5) is 28.5. The number of nitrogens with zero attached hydrogens (tertiary/aromatic N) is 6. The van der Waals surface area contributed by atoms with Crippen molar-refractivity contribution >= 4 is 11.8 Å². The zero-order valence-corrected chi connectivity index (χ0v) is 20.8. The van der Waals surface area contributed by atoms with E-state index in [0.717, 1.165) is 29.8 Å². The fraction of sp³-hybridized carbons (Fsp3) is 0.696. The lowest BCUT2D eigenvalue weighted by atomic mass is 9.85. The van der Waals surface area contributed by atoms with E-state index in [0.29, 0.717) is 11.8 Å². The van der Waals surface area contributed by atoms with Crippen molar-refractivity contribution in [3.05, 3.63) is 23.1 Å². The van der Waals surface area contributed by atoms with Crippen LogP contribution >= 0.6 is 0 Å². The summed E-state index contributed by atoms with van der Waals surface area (Å²) in [6.45, 7) is 8.06. The highest BCUT2D eigenvalue weighted by molar-refractivity contribution is 5.90. The lowest BCUT2D eigenvalue weighted by Gasteiger charge is -2.34. The third kappa shape index (κ3) is 4.66. The first-order valence-electron chi connectivity index (χ1n) is 11.8. The van der Waals surface area contributed by atoms with Crippen molar-refractivity contribution in [2.24, 2.45) is 12.5 Å². The van der Waals surface area contributed by atoms with Crippen LogP contribution in [0.2, 0.25) is 0 Å². The summed E-state index contributed by atoms with van der Waals surface area (Å²) in [6.07, 6.45) is 3.45. The summed E-state index contributed by atoms with van der Waals surface area (Å²) in [7, 11) is 3.33. The van der Waals surface area contributed by atoms with E-state index in [2.05, 4.69) is 20.7 Å². The SMILES string of the molecule is COc1c(CNC(=O)C2CC(O)CN2C(=O)[C@@H](n2cc(C3CC3)nn2)C(C)(C)C)c(C)nn1C. The summed E-state index contributed by atoms with van der Waals surface area (Å²) < 4.78 is 8.64. The first-order valence-corrected chi connectivity index (χ1v) is 11.8. The Bertz CT molecular complexity index is 1070. The molecule has 0 spiro atoms. The molecule has 2 amide bonds. The number of hydrogen-bond acceptors (Lipinski definition) is 7. The molecule has 11 nitrogen and oxygen atoms in total. The van der Waals surface area contributed by atoms with Gasteiger partial charge in [0.05, 0.1) is 36.7 Å². The molecule has 1 aliphatic carbocycles. The highest BCUT2D eigenvalue weighted by Gasteiger charge is 2.45. The van der Waals surface area contributed by atoms with Crippen LogP contribution in [0.1, 0.15) is 68.9 Å². The first-order chi connectivity index (χ1) is 16.0. The Balaban J connectivity index is 1.53. The van der Waals surface area contributed by atoms with Crippen LogP contribution in [0.3, 0.4) is 0 Å². The van der Waals surface area contributed by atoms with Crippen LogP contribution in [-0.2, 0) is 23.2 Å². The van der Waals surface area contributed by atoms with E-state index in [9.17, 15) is 14.7 Å². The average Bonchev–Trinajstić information content (AvgIpc) is 3.25. The van der Waals surface area contributed by atoms with E-state index >= 15 is 0 Å². The first kappa shape index (κ1) is 24.2. The maximum Gasteiger partial charge on any atom is 0.248 e. The third-order valence-corrected chi connectivity index (χ3v) is 6.63. The Labute approximate surface area is 199 Å². The van der Waals surface area contributed by atoms with Crippen molar-refractivity contribution in [2.45, 2.75) is 77.6 Å². The van der Waals surface area contributed by atoms with Crippen molar-refractivity contribution in [2.75, 3.05) is 13.7 Å². The number of carbonyl (C=O) groups is 2. The predicted molar refractivity (Wildman–Crippen MR) is 123 cm³/mol. The third-order valence-electron chi connectivity index (χ3n) is 6.63. The normalized spacial score (nSPS) is 21.6. The monoisotopic (exact) mass is 473 g/mol. The zero-order valence-electron chi connectivity index (χ0n) is 20.8. The molecular formula is C23H35N7O4. The fourth-order valence-electron chi connectivity index (χ4n) is 4.76. The van der Waals surface area contributed by atoms with E-state index in [1.807, 2.05) is 33.9 Å². The summed E-state index contributed by atoms with van der Waals surface area (Å²) in [5, 5.41) is 26.2. The lowest BCUT2D eigenvalue weighted by molar-refractivity contribution is -0.144. The van der Waals surface area contributed by atoms with Crippen LogP contribution in [0, 0.1) is 12.3 Å². The number of rotatable bonds is 7.